The lowest BCUT2D eigenvalue weighted by Gasteiger charge is -2.41. The molecule has 1 heterocycles. The van der Waals surface area contributed by atoms with Gasteiger partial charge in [0.1, 0.15) is 18.2 Å². The molecule has 8 heteroatoms. The molecule has 1 rings (SSSR count). The molecule has 18 heavy (non-hydrogen) atoms. The summed E-state index contributed by atoms with van der Waals surface area (Å²) >= 11 is 0. The van der Waals surface area contributed by atoms with Crippen LogP contribution in [0.3, 0.4) is 0 Å². The summed E-state index contributed by atoms with van der Waals surface area (Å²) in [6.07, 6.45) is -5.11. The van der Waals surface area contributed by atoms with Gasteiger partial charge in [-0.25, -0.2) is 0 Å². The molecule has 0 spiro atoms. The molecule has 0 unspecified atom stereocenters. The van der Waals surface area contributed by atoms with Gasteiger partial charge in [0.05, 0.1) is 6.61 Å². The van der Waals surface area contributed by atoms with Gasteiger partial charge < -0.3 is 30.1 Å². The Bertz CT molecular complexity index is 321. The number of hydrogen-bond donors (Lipinski definition) is 4. The Morgan fingerprint density at radius 2 is 1.94 bits per heavy atom. The number of aliphatic hydroxyl groups is 3. The molecule has 0 bridgehead atoms. The number of rotatable bonds is 3. The van der Waals surface area contributed by atoms with Gasteiger partial charge in [0.15, 0.2) is 12.4 Å². The molecule has 0 aromatic heterocycles. The van der Waals surface area contributed by atoms with Crippen LogP contribution in [0.2, 0.25) is 0 Å². The van der Waals surface area contributed by atoms with Crippen LogP contribution in [-0.4, -0.2) is 64.4 Å². The third-order valence-electron chi connectivity index (χ3n) is 2.54. The topological polar surface area (TPSA) is 125 Å². The third-order valence-corrected chi connectivity index (χ3v) is 2.54. The molecular formula is C10H17NO7. The number of ether oxygens (including phenoxy) is 2. The minimum atomic E-state index is -1.49. The molecule has 0 aromatic rings. The molecule has 8 nitrogen and oxygen atoms in total. The Balaban J connectivity index is 2.89. The number of aliphatic hydroxyl groups excluding tert-OH is 3. The zero-order valence-corrected chi connectivity index (χ0v) is 10.1. The van der Waals surface area contributed by atoms with E-state index in [4.69, 9.17) is 14.6 Å². The lowest BCUT2D eigenvalue weighted by molar-refractivity contribution is -0.258. The molecule has 5 atom stereocenters. The van der Waals surface area contributed by atoms with Crippen LogP contribution < -0.4 is 5.32 Å². The van der Waals surface area contributed by atoms with Crippen LogP contribution in [0.15, 0.2) is 0 Å². The Morgan fingerprint density at radius 3 is 2.39 bits per heavy atom. The summed E-state index contributed by atoms with van der Waals surface area (Å²) in [7, 11) is 0. The molecule has 0 aliphatic carbocycles. The monoisotopic (exact) mass is 263 g/mol. The van der Waals surface area contributed by atoms with Crippen LogP contribution in [0.5, 0.6) is 0 Å². The number of carbonyl (C=O) groups excluding carboxylic acids is 2. The third kappa shape index (κ3) is 3.39. The molecule has 1 fully saturated rings. The summed E-state index contributed by atoms with van der Waals surface area (Å²) < 4.78 is 9.79. The number of carbonyl (C=O) groups is 2. The lowest BCUT2D eigenvalue weighted by atomic mass is 9.96. The van der Waals surface area contributed by atoms with Crippen molar-refractivity contribution in [3.8, 4) is 0 Å². The first-order valence-corrected chi connectivity index (χ1v) is 5.43. The first-order valence-electron chi connectivity index (χ1n) is 5.43. The molecule has 0 radical (unpaired) electrons. The van der Waals surface area contributed by atoms with Crippen LogP contribution in [-0.2, 0) is 19.1 Å². The van der Waals surface area contributed by atoms with Crippen molar-refractivity contribution in [1.82, 2.24) is 5.32 Å². The van der Waals surface area contributed by atoms with Gasteiger partial charge in [-0.15, -0.1) is 0 Å². The maximum atomic E-state index is 11.0. The van der Waals surface area contributed by atoms with Crippen LogP contribution in [0.4, 0.5) is 0 Å². The van der Waals surface area contributed by atoms with E-state index in [-0.39, 0.29) is 0 Å². The Hall–Kier alpha value is -1.22. The summed E-state index contributed by atoms with van der Waals surface area (Å²) in [5, 5.41) is 30.8. The largest absolute Gasteiger partial charge is 0.457 e. The van der Waals surface area contributed by atoms with Gasteiger partial charge in [-0.1, -0.05) is 0 Å². The maximum Gasteiger partial charge on any atom is 0.303 e. The number of esters is 1. The van der Waals surface area contributed by atoms with E-state index in [1.54, 1.807) is 0 Å². The summed E-state index contributed by atoms with van der Waals surface area (Å²) in [6.45, 7) is 1.79. The van der Waals surface area contributed by atoms with Crippen molar-refractivity contribution in [2.24, 2.45) is 0 Å². The molecule has 1 saturated heterocycles. The highest BCUT2D eigenvalue weighted by molar-refractivity contribution is 5.73. The van der Waals surface area contributed by atoms with Gasteiger partial charge in [-0.2, -0.15) is 0 Å². The average molecular weight is 263 g/mol. The number of nitrogens with one attached hydrogen (secondary N) is 1. The highest BCUT2D eigenvalue weighted by Gasteiger charge is 2.46. The molecule has 0 saturated carbocycles. The first-order chi connectivity index (χ1) is 8.36. The molecule has 1 aliphatic heterocycles. The van der Waals surface area contributed by atoms with E-state index in [0.717, 1.165) is 6.92 Å². The highest BCUT2D eigenvalue weighted by atomic mass is 16.6. The van der Waals surface area contributed by atoms with Gasteiger partial charge in [0.25, 0.3) is 0 Å². The van der Waals surface area contributed by atoms with Gasteiger partial charge in [-0.3, -0.25) is 9.59 Å². The minimum absolute atomic E-state index is 0.477. The van der Waals surface area contributed by atoms with Gasteiger partial charge in [0.2, 0.25) is 5.91 Å². The van der Waals surface area contributed by atoms with E-state index in [1.807, 2.05) is 0 Å². The van der Waals surface area contributed by atoms with Gasteiger partial charge in [0, 0.05) is 13.8 Å². The van der Waals surface area contributed by atoms with E-state index < -0.39 is 49.1 Å². The Morgan fingerprint density at radius 1 is 1.33 bits per heavy atom. The normalized spacial score (nSPS) is 35.9. The maximum absolute atomic E-state index is 11.0. The summed E-state index contributed by atoms with van der Waals surface area (Å²) in [6, 6.07) is -1.09. The van der Waals surface area contributed by atoms with Crippen LogP contribution in [0, 0.1) is 0 Å². The number of hydrogen-bond acceptors (Lipinski definition) is 7. The SMILES string of the molecule is CC(=O)N[C@H]1[C@@H](OC(C)=O)[C@H](O)[C@@H](CO)O[C@@H]1O. The Labute approximate surface area is 104 Å². The second-order valence-electron chi connectivity index (χ2n) is 4.04. The molecule has 1 amide bonds. The van der Waals surface area contributed by atoms with E-state index >= 15 is 0 Å². The fraction of sp³-hybridized carbons (Fsp3) is 0.800. The lowest BCUT2D eigenvalue weighted by Crippen LogP contribution is -2.65. The van der Waals surface area contributed by atoms with Crippen LogP contribution in [0.25, 0.3) is 0 Å². The fourth-order valence-corrected chi connectivity index (χ4v) is 1.80. The van der Waals surface area contributed by atoms with Crippen molar-refractivity contribution in [3.63, 3.8) is 0 Å². The van der Waals surface area contributed by atoms with E-state index in [1.165, 1.54) is 6.92 Å². The summed E-state index contributed by atoms with van der Waals surface area (Å²) in [5.74, 6) is -1.16. The second-order valence-corrected chi connectivity index (χ2v) is 4.04. The van der Waals surface area contributed by atoms with E-state index in [0.29, 0.717) is 0 Å². The fourth-order valence-electron chi connectivity index (χ4n) is 1.80. The van der Waals surface area contributed by atoms with Crippen molar-refractivity contribution in [3.05, 3.63) is 0 Å². The average Bonchev–Trinajstić information content (AvgIpc) is 2.27. The zero-order chi connectivity index (χ0) is 13.9. The van der Waals surface area contributed by atoms with E-state index in [2.05, 4.69) is 5.32 Å². The first kappa shape index (κ1) is 14.8. The van der Waals surface area contributed by atoms with Crippen LogP contribution >= 0.6 is 0 Å². The quantitative estimate of drug-likeness (QED) is 0.414. The minimum Gasteiger partial charge on any atom is -0.457 e. The van der Waals surface area contributed by atoms with Crippen molar-refractivity contribution in [1.29, 1.82) is 0 Å². The molecule has 104 valence electrons. The standard InChI is InChI=1S/C10H17NO7/c1-4(13)11-7-9(17-5(2)14)8(15)6(3-12)18-10(7)16/h6-10,12,15-16H,3H2,1-2H3,(H,11,13)/t6-,7+,8-,9-,10+/m1/s1. The van der Waals surface area contributed by atoms with Crippen molar-refractivity contribution in [2.75, 3.05) is 6.61 Å². The zero-order valence-electron chi connectivity index (χ0n) is 10.1. The highest BCUT2D eigenvalue weighted by Crippen LogP contribution is 2.22. The van der Waals surface area contributed by atoms with Crippen molar-refractivity contribution < 1.29 is 34.4 Å². The van der Waals surface area contributed by atoms with E-state index in [9.17, 15) is 19.8 Å². The predicted molar refractivity (Wildman–Crippen MR) is 57.1 cm³/mol. The number of amides is 1. The molecule has 0 aromatic carbocycles. The van der Waals surface area contributed by atoms with Gasteiger partial charge in [-0.05, 0) is 0 Å². The summed E-state index contributed by atoms with van der Waals surface area (Å²) in [5.41, 5.74) is 0. The van der Waals surface area contributed by atoms with Crippen molar-refractivity contribution >= 4 is 11.9 Å². The molecule has 1 aliphatic rings. The molecular weight excluding hydrogens is 246 g/mol. The van der Waals surface area contributed by atoms with Crippen LogP contribution in [0.1, 0.15) is 13.8 Å². The molecule has 4 N–H and O–H groups in total. The summed E-state index contributed by atoms with van der Waals surface area (Å²) in [4.78, 5) is 22.0. The predicted octanol–water partition coefficient (Wildman–Crippen LogP) is -2.51. The van der Waals surface area contributed by atoms with Crippen molar-refractivity contribution in [2.45, 2.75) is 44.5 Å². The smallest absolute Gasteiger partial charge is 0.303 e. The van der Waals surface area contributed by atoms with Gasteiger partial charge >= 0.3 is 5.97 Å². The second kappa shape index (κ2) is 6.10. The Kier molecular flexibility index (Phi) is 5.03.